The minimum absolute atomic E-state index is 0.145. The van der Waals surface area contributed by atoms with Crippen molar-refractivity contribution >= 4 is 35.2 Å². The Bertz CT molecular complexity index is 720. The zero-order chi connectivity index (χ0) is 18.2. The minimum atomic E-state index is -0.702. The predicted molar refractivity (Wildman–Crippen MR) is 96.8 cm³/mol. The summed E-state index contributed by atoms with van der Waals surface area (Å²) in [5.41, 5.74) is 1.13. The first-order valence-corrected chi connectivity index (χ1v) is 9.33. The number of methoxy groups -OCH3 is 1. The number of benzene rings is 1. The van der Waals surface area contributed by atoms with E-state index in [1.165, 1.54) is 13.3 Å². The third-order valence-corrected chi connectivity index (χ3v) is 4.33. The number of halogens is 1. The number of nitrogens with zero attached hydrogens (tertiary/aromatic N) is 3. The van der Waals surface area contributed by atoms with Crippen molar-refractivity contribution in [3.63, 3.8) is 0 Å². The van der Waals surface area contributed by atoms with Crippen molar-refractivity contribution in [3.05, 3.63) is 46.7 Å². The lowest BCUT2D eigenvalue weighted by Crippen LogP contribution is -2.42. The zero-order valence-electron chi connectivity index (χ0n) is 13.9. The maximum atomic E-state index is 12.3. The molecule has 1 N–H and O–H groups in total. The van der Waals surface area contributed by atoms with Gasteiger partial charge >= 0.3 is 5.97 Å². The molecular weight excluding hydrogens is 364 g/mol. The van der Waals surface area contributed by atoms with Gasteiger partial charge in [0.15, 0.2) is 5.69 Å². The highest BCUT2D eigenvalue weighted by molar-refractivity contribution is 7.98. The second kappa shape index (κ2) is 9.43. The molecule has 0 saturated carbocycles. The normalized spacial score (nSPS) is 11.8. The molecule has 0 unspecified atom stereocenters. The van der Waals surface area contributed by atoms with E-state index in [4.69, 9.17) is 16.3 Å². The summed E-state index contributed by atoms with van der Waals surface area (Å²) in [4.78, 5) is 24.1. The summed E-state index contributed by atoms with van der Waals surface area (Å²) in [5.74, 6) is -0.210. The van der Waals surface area contributed by atoms with Gasteiger partial charge < -0.3 is 10.1 Å². The van der Waals surface area contributed by atoms with Crippen molar-refractivity contribution in [3.8, 4) is 0 Å². The molecular formula is C16H19ClN4O3S. The Labute approximate surface area is 155 Å². The van der Waals surface area contributed by atoms with Gasteiger partial charge in [0.25, 0.3) is 5.91 Å². The van der Waals surface area contributed by atoms with Crippen LogP contribution < -0.4 is 5.32 Å². The lowest BCUT2D eigenvalue weighted by atomic mass is 10.2. The molecule has 0 aliphatic carbocycles. The van der Waals surface area contributed by atoms with Crippen LogP contribution in [0.1, 0.15) is 22.5 Å². The fraction of sp³-hybridized carbons (Fsp3) is 0.375. The Kier molecular flexibility index (Phi) is 7.27. The highest BCUT2D eigenvalue weighted by Crippen LogP contribution is 2.10. The van der Waals surface area contributed by atoms with Gasteiger partial charge in [0.1, 0.15) is 6.04 Å². The van der Waals surface area contributed by atoms with Crippen LogP contribution in [0.15, 0.2) is 30.5 Å². The van der Waals surface area contributed by atoms with Gasteiger partial charge in [0, 0.05) is 5.02 Å². The average Bonchev–Trinajstić information content (AvgIpc) is 3.08. The first-order valence-electron chi connectivity index (χ1n) is 7.55. The average molecular weight is 383 g/mol. The molecule has 1 atom stereocenters. The molecule has 9 heteroatoms. The molecule has 1 amide bonds. The SMILES string of the molecule is COC(=O)[C@@H](CCSC)NC(=O)c1cn(Cc2ccc(Cl)cc2)nn1. The molecule has 0 saturated heterocycles. The van der Waals surface area contributed by atoms with Crippen LogP contribution in [0, 0.1) is 0 Å². The van der Waals surface area contributed by atoms with Gasteiger partial charge in [-0.3, -0.25) is 4.79 Å². The summed E-state index contributed by atoms with van der Waals surface area (Å²) in [6, 6.07) is 6.62. The van der Waals surface area contributed by atoms with E-state index in [9.17, 15) is 9.59 Å². The molecule has 7 nitrogen and oxygen atoms in total. The summed E-state index contributed by atoms with van der Waals surface area (Å²) < 4.78 is 6.27. The quantitative estimate of drug-likeness (QED) is 0.703. The van der Waals surface area contributed by atoms with E-state index in [1.807, 2.05) is 18.4 Å². The summed E-state index contributed by atoms with van der Waals surface area (Å²) in [6.45, 7) is 0.463. The fourth-order valence-corrected chi connectivity index (χ4v) is 2.71. The number of thioether (sulfide) groups is 1. The van der Waals surface area contributed by atoms with Crippen molar-refractivity contribution in [2.75, 3.05) is 19.1 Å². The van der Waals surface area contributed by atoms with Crippen molar-refractivity contribution in [2.24, 2.45) is 0 Å². The molecule has 1 aromatic carbocycles. The molecule has 25 heavy (non-hydrogen) atoms. The summed E-state index contributed by atoms with van der Waals surface area (Å²) in [6.07, 6.45) is 3.95. The van der Waals surface area contributed by atoms with Crippen LogP contribution in [0.5, 0.6) is 0 Å². The largest absolute Gasteiger partial charge is 0.467 e. The van der Waals surface area contributed by atoms with Crippen molar-refractivity contribution in [1.82, 2.24) is 20.3 Å². The second-order valence-electron chi connectivity index (χ2n) is 5.26. The van der Waals surface area contributed by atoms with E-state index in [2.05, 4.69) is 15.6 Å². The Morgan fingerprint density at radius 3 is 2.72 bits per heavy atom. The molecule has 0 bridgehead atoms. The third-order valence-electron chi connectivity index (χ3n) is 3.43. The van der Waals surface area contributed by atoms with E-state index in [-0.39, 0.29) is 5.69 Å². The van der Waals surface area contributed by atoms with Crippen LogP contribution >= 0.6 is 23.4 Å². The number of nitrogens with one attached hydrogen (secondary N) is 1. The lowest BCUT2D eigenvalue weighted by Gasteiger charge is -2.14. The van der Waals surface area contributed by atoms with Gasteiger partial charge in [-0.1, -0.05) is 28.9 Å². The first kappa shape index (κ1) is 19.3. The minimum Gasteiger partial charge on any atom is -0.467 e. The van der Waals surface area contributed by atoms with E-state index >= 15 is 0 Å². The number of ether oxygens (including phenoxy) is 1. The van der Waals surface area contributed by atoms with Crippen LogP contribution in [0.3, 0.4) is 0 Å². The maximum absolute atomic E-state index is 12.3. The van der Waals surface area contributed by atoms with Gasteiger partial charge in [-0.25, -0.2) is 9.48 Å². The van der Waals surface area contributed by atoms with E-state index in [0.29, 0.717) is 18.0 Å². The molecule has 2 aromatic rings. The number of hydrogen-bond acceptors (Lipinski definition) is 6. The molecule has 1 heterocycles. The van der Waals surface area contributed by atoms with Crippen LogP contribution in [0.4, 0.5) is 0 Å². The smallest absolute Gasteiger partial charge is 0.328 e. The summed E-state index contributed by atoms with van der Waals surface area (Å²) >= 11 is 7.44. The van der Waals surface area contributed by atoms with Gasteiger partial charge in [0.2, 0.25) is 0 Å². The van der Waals surface area contributed by atoms with Crippen LogP contribution in [-0.4, -0.2) is 52.0 Å². The first-order chi connectivity index (χ1) is 12.0. The molecule has 0 fully saturated rings. The number of carbonyl (C=O) groups excluding carboxylic acids is 2. The Balaban J connectivity index is 2.00. The summed E-state index contributed by atoms with van der Waals surface area (Å²) in [7, 11) is 1.29. The molecule has 2 rings (SSSR count). The fourth-order valence-electron chi connectivity index (χ4n) is 2.12. The Hall–Kier alpha value is -2.06. The van der Waals surface area contributed by atoms with Crippen LogP contribution in [-0.2, 0) is 16.1 Å². The number of carbonyl (C=O) groups is 2. The second-order valence-corrected chi connectivity index (χ2v) is 6.68. The molecule has 0 aliphatic heterocycles. The van der Waals surface area contributed by atoms with Gasteiger partial charge in [0.05, 0.1) is 19.9 Å². The van der Waals surface area contributed by atoms with Crippen LogP contribution in [0.2, 0.25) is 5.02 Å². The molecule has 0 spiro atoms. The molecule has 0 radical (unpaired) electrons. The molecule has 134 valence electrons. The Morgan fingerprint density at radius 1 is 1.36 bits per heavy atom. The van der Waals surface area contributed by atoms with Gasteiger partial charge in [-0.05, 0) is 36.1 Å². The maximum Gasteiger partial charge on any atom is 0.328 e. The van der Waals surface area contributed by atoms with E-state index < -0.39 is 17.9 Å². The Morgan fingerprint density at radius 2 is 2.08 bits per heavy atom. The highest BCUT2D eigenvalue weighted by atomic mass is 35.5. The van der Waals surface area contributed by atoms with Crippen molar-refractivity contribution in [2.45, 2.75) is 19.0 Å². The summed E-state index contributed by atoms with van der Waals surface area (Å²) in [5, 5.41) is 11.1. The topological polar surface area (TPSA) is 86.1 Å². The monoisotopic (exact) mass is 382 g/mol. The molecule has 1 aromatic heterocycles. The number of hydrogen-bond donors (Lipinski definition) is 1. The van der Waals surface area contributed by atoms with Crippen LogP contribution in [0.25, 0.3) is 0 Å². The predicted octanol–water partition coefficient (Wildman–Crippen LogP) is 2.00. The van der Waals surface area contributed by atoms with Crippen molar-refractivity contribution < 1.29 is 14.3 Å². The number of aromatic nitrogens is 3. The van der Waals surface area contributed by atoms with Gasteiger partial charge in [-0.15, -0.1) is 5.10 Å². The number of esters is 1. The van der Waals surface area contributed by atoms with Gasteiger partial charge in [-0.2, -0.15) is 11.8 Å². The molecule has 0 aliphatic rings. The lowest BCUT2D eigenvalue weighted by molar-refractivity contribution is -0.142. The highest BCUT2D eigenvalue weighted by Gasteiger charge is 2.23. The number of amides is 1. The van der Waals surface area contributed by atoms with E-state index in [0.717, 1.165) is 11.3 Å². The van der Waals surface area contributed by atoms with E-state index in [1.54, 1.807) is 28.6 Å². The zero-order valence-corrected chi connectivity index (χ0v) is 15.5. The third kappa shape index (κ3) is 5.75. The standard InChI is InChI=1S/C16H19ClN4O3S/c1-24-16(23)13(7-8-25-2)18-15(22)14-10-21(20-19-14)9-11-3-5-12(17)6-4-11/h3-6,10,13H,7-9H2,1-2H3,(H,18,22)/t13-/m1/s1. The van der Waals surface area contributed by atoms with Crippen molar-refractivity contribution in [1.29, 1.82) is 0 Å². The number of rotatable bonds is 8.